The summed E-state index contributed by atoms with van der Waals surface area (Å²) < 4.78 is 5.32. The van der Waals surface area contributed by atoms with Gasteiger partial charge in [0.2, 0.25) is 0 Å². The molecule has 6 heteroatoms. The third-order valence-electron chi connectivity index (χ3n) is 4.10. The van der Waals surface area contributed by atoms with E-state index in [0.717, 1.165) is 27.8 Å². The molecule has 27 heavy (non-hydrogen) atoms. The maximum absolute atomic E-state index is 11.5. The number of methoxy groups -OCH3 is 1. The molecule has 0 unspecified atom stereocenters. The van der Waals surface area contributed by atoms with Crippen LogP contribution in [0.3, 0.4) is 0 Å². The van der Waals surface area contributed by atoms with Crippen LogP contribution in [0.15, 0.2) is 65.8 Å². The molecule has 0 aliphatic rings. The molecule has 6 nitrogen and oxygen atoms in total. The molecule has 136 valence electrons. The minimum Gasteiger partial charge on any atom is -0.497 e. The largest absolute Gasteiger partial charge is 0.497 e. The van der Waals surface area contributed by atoms with Crippen molar-refractivity contribution in [3.63, 3.8) is 0 Å². The Labute approximate surface area is 157 Å². The van der Waals surface area contributed by atoms with E-state index in [9.17, 15) is 4.79 Å². The lowest BCUT2D eigenvalue weighted by molar-refractivity contribution is 0.101. The van der Waals surface area contributed by atoms with E-state index in [1.54, 1.807) is 19.2 Å². The van der Waals surface area contributed by atoms with Gasteiger partial charge in [0, 0.05) is 16.5 Å². The van der Waals surface area contributed by atoms with E-state index in [1.165, 1.54) is 19.2 Å². The topological polar surface area (TPSA) is 104 Å². The molecule has 3 rings (SSSR count). The van der Waals surface area contributed by atoms with Gasteiger partial charge in [0.1, 0.15) is 11.6 Å². The minimum atomic E-state index is 0.0174. The standard InChI is InChI=1S/C21H20N4O2/c1-13(26)14-3-5-15(6-4-14)21-18-8-7-17(27-2)11-16(18)12-20(25-21)24-19(23)9-10-22/h3-12H,22H2,1-2H3,(H2,23,24,25)/b10-9-. The van der Waals surface area contributed by atoms with Crippen molar-refractivity contribution in [3.05, 3.63) is 66.4 Å². The summed E-state index contributed by atoms with van der Waals surface area (Å²) in [6, 6.07) is 14.9. The van der Waals surface area contributed by atoms with Crippen LogP contribution in [-0.4, -0.2) is 23.7 Å². The summed E-state index contributed by atoms with van der Waals surface area (Å²) in [4.78, 5) is 20.5. The molecule has 1 heterocycles. The number of hydrogen-bond acceptors (Lipinski definition) is 5. The number of carbonyl (C=O) groups is 1. The van der Waals surface area contributed by atoms with E-state index in [2.05, 4.69) is 9.98 Å². The van der Waals surface area contributed by atoms with Gasteiger partial charge < -0.3 is 16.2 Å². The lowest BCUT2D eigenvalue weighted by atomic mass is 10.0. The smallest absolute Gasteiger partial charge is 0.159 e. The van der Waals surface area contributed by atoms with E-state index in [0.29, 0.717) is 11.4 Å². The summed E-state index contributed by atoms with van der Waals surface area (Å²) in [6.07, 6.45) is 2.82. The molecule has 0 bridgehead atoms. The number of Topliss-reactive ketones (excluding diaryl/α,β-unsaturated/α-hetero) is 1. The average molecular weight is 360 g/mol. The Kier molecular flexibility index (Phi) is 5.17. The van der Waals surface area contributed by atoms with Gasteiger partial charge in [-0.3, -0.25) is 4.79 Å². The fourth-order valence-electron chi connectivity index (χ4n) is 2.76. The first kappa shape index (κ1) is 18.1. The van der Waals surface area contributed by atoms with Crippen LogP contribution in [0.5, 0.6) is 5.75 Å². The zero-order chi connectivity index (χ0) is 19.4. The minimum absolute atomic E-state index is 0.0174. The van der Waals surface area contributed by atoms with E-state index in [4.69, 9.17) is 16.2 Å². The maximum Gasteiger partial charge on any atom is 0.159 e. The third kappa shape index (κ3) is 3.95. The monoisotopic (exact) mass is 360 g/mol. The van der Waals surface area contributed by atoms with Crippen molar-refractivity contribution in [3.8, 4) is 17.0 Å². The van der Waals surface area contributed by atoms with Gasteiger partial charge in [-0.25, -0.2) is 9.98 Å². The highest BCUT2D eigenvalue weighted by molar-refractivity contribution is 5.99. The van der Waals surface area contributed by atoms with Gasteiger partial charge in [-0.15, -0.1) is 0 Å². The summed E-state index contributed by atoms with van der Waals surface area (Å²) in [5.41, 5.74) is 13.5. The van der Waals surface area contributed by atoms with E-state index >= 15 is 0 Å². The first-order valence-electron chi connectivity index (χ1n) is 8.34. The Morgan fingerprint density at radius 1 is 1.15 bits per heavy atom. The molecule has 0 amide bonds. The highest BCUT2D eigenvalue weighted by Gasteiger charge is 2.10. The molecule has 4 N–H and O–H groups in total. The van der Waals surface area contributed by atoms with Gasteiger partial charge in [-0.05, 0) is 48.9 Å². The molecule has 0 aliphatic heterocycles. The first-order chi connectivity index (χ1) is 13.0. The van der Waals surface area contributed by atoms with Gasteiger partial charge in [-0.1, -0.05) is 24.3 Å². The second-order valence-corrected chi connectivity index (χ2v) is 5.95. The van der Waals surface area contributed by atoms with Crippen molar-refractivity contribution in [1.29, 1.82) is 0 Å². The average Bonchev–Trinajstić information content (AvgIpc) is 2.67. The van der Waals surface area contributed by atoms with Crippen LogP contribution in [0.25, 0.3) is 22.0 Å². The maximum atomic E-state index is 11.5. The fraction of sp³-hybridized carbons (Fsp3) is 0.0952. The van der Waals surface area contributed by atoms with Gasteiger partial charge in [0.25, 0.3) is 0 Å². The van der Waals surface area contributed by atoms with E-state index < -0.39 is 0 Å². The highest BCUT2D eigenvalue weighted by Crippen LogP contribution is 2.32. The zero-order valence-corrected chi connectivity index (χ0v) is 15.1. The number of benzene rings is 2. The molecule has 3 aromatic rings. The predicted molar refractivity (Wildman–Crippen MR) is 108 cm³/mol. The number of carbonyl (C=O) groups excluding carboxylic acids is 1. The number of nitrogens with two attached hydrogens (primary N) is 2. The number of ketones is 1. The lowest BCUT2D eigenvalue weighted by Crippen LogP contribution is -2.07. The van der Waals surface area contributed by atoms with Crippen LogP contribution in [-0.2, 0) is 0 Å². The summed E-state index contributed by atoms with van der Waals surface area (Å²) in [5, 5.41) is 1.86. The van der Waals surface area contributed by atoms with Crippen LogP contribution in [0.2, 0.25) is 0 Å². The highest BCUT2D eigenvalue weighted by atomic mass is 16.5. The van der Waals surface area contributed by atoms with Crippen LogP contribution in [0, 0.1) is 0 Å². The van der Waals surface area contributed by atoms with Crippen LogP contribution in [0.1, 0.15) is 17.3 Å². The Hall–Kier alpha value is -3.67. The zero-order valence-electron chi connectivity index (χ0n) is 15.1. The molecule has 0 aliphatic carbocycles. The quantitative estimate of drug-likeness (QED) is 0.411. The second kappa shape index (κ2) is 7.70. The van der Waals surface area contributed by atoms with Crippen molar-refractivity contribution in [2.45, 2.75) is 6.92 Å². The fourth-order valence-corrected chi connectivity index (χ4v) is 2.76. The predicted octanol–water partition coefficient (Wildman–Crippen LogP) is 3.57. The molecule has 2 aromatic carbocycles. The molecule has 0 saturated carbocycles. The SMILES string of the molecule is COc1ccc2c(-c3ccc(C(C)=O)cc3)nc(N=C(N)/C=C\N)cc2c1. The molecule has 1 aromatic heterocycles. The summed E-state index contributed by atoms with van der Waals surface area (Å²) >= 11 is 0. The molecular weight excluding hydrogens is 340 g/mol. The van der Waals surface area contributed by atoms with Crippen molar-refractivity contribution in [1.82, 2.24) is 4.98 Å². The third-order valence-corrected chi connectivity index (χ3v) is 4.10. The summed E-state index contributed by atoms with van der Waals surface area (Å²) in [6.45, 7) is 1.54. The Morgan fingerprint density at radius 3 is 2.52 bits per heavy atom. The van der Waals surface area contributed by atoms with Gasteiger partial charge in [0.05, 0.1) is 12.8 Å². The lowest BCUT2D eigenvalue weighted by Gasteiger charge is -2.10. The molecule has 0 atom stereocenters. The van der Waals surface area contributed by atoms with Gasteiger partial charge in [0.15, 0.2) is 11.6 Å². The number of rotatable bonds is 5. The number of aliphatic imine (C=N–C) groups is 1. The number of nitrogens with zero attached hydrogens (tertiary/aromatic N) is 2. The van der Waals surface area contributed by atoms with Crippen molar-refractivity contribution in [2.24, 2.45) is 16.5 Å². The Morgan fingerprint density at radius 2 is 1.89 bits per heavy atom. The van der Waals surface area contributed by atoms with Crippen molar-refractivity contribution < 1.29 is 9.53 Å². The van der Waals surface area contributed by atoms with Crippen molar-refractivity contribution >= 4 is 28.2 Å². The van der Waals surface area contributed by atoms with E-state index in [-0.39, 0.29) is 11.6 Å². The second-order valence-electron chi connectivity index (χ2n) is 5.95. The number of aromatic nitrogens is 1. The van der Waals surface area contributed by atoms with E-state index in [1.807, 2.05) is 36.4 Å². The molecule has 0 fully saturated rings. The molecule has 0 radical (unpaired) electrons. The number of ether oxygens (including phenoxy) is 1. The number of fused-ring (bicyclic) bond motifs is 1. The molecule has 0 spiro atoms. The van der Waals surface area contributed by atoms with Crippen LogP contribution >= 0.6 is 0 Å². The van der Waals surface area contributed by atoms with Gasteiger partial charge >= 0.3 is 0 Å². The van der Waals surface area contributed by atoms with Crippen LogP contribution in [0.4, 0.5) is 5.82 Å². The van der Waals surface area contributed by atoms with Crippen molar-refractivity contribution in [2.75, 3.05) is 7.11 Å². The van der Waals surface area contributed by atoms with Gasteiger partial charge in [-0.2, -0.15) is 0 Å². The summed E-state index contributed by atoms with van der Waals surface area (Å²) in [7, 11) is 1.62. The summed E-state index contributed by atoms with van der Waals surface area (Å²) in [5.74, 6) is 1.46. The van der Waals surface area contributed by atoms with Crippen LogP contribution < -0.4 is 16.2 Å². The number of pyridine rings is 1. The Bertz CT molecular complexity index is 1050. The molecular formula is C21H20N4O2. The Balaban J connectivity index is 2.22. The first-order valence-corrected chi connectivity index (χ1v) is 8.34. The number of amidine groups is 1. The number of hydrogen-bond donors (Lipinski definition) is 2. The molecule has 0 saturated heterocycles. The normalized spacial score (nSPS) is 11.9.